The summed E-state index contributed by atoms with van der Waals surface area (Å²) >= 11 is 0. The quantitative estimate of drug-likeness (QED) is 0.840. The fourth-order valence-corrected chi connectivity index (χ4v) is 1.89. The highest BCUT2D eigenvalue weighted by Gasteiger charge is 2.16. The van der Waals surface area contributed by atoms with Crippen molar-refractivity contribution in [3.63, 3.8) is 0 Å². The van der Waals surface area contributed by atoms with Crippen molar-refractivity contribution < 1.29 is 14.3 Å². The van der Waals surface area contributed by atoms with Gasteiger partial charge < -0.3 is 4.74 Å². The maximum absolute atomic E-state index is 11.8. The van der Waals surface area contributed by atoms with E-state index in [2.05, 4.69) is 5.32 Å². The number of benzene rings is 2. The number of carbonyl (C=O) groups excluding carboxylic acids is 2. The van der Waals surface area contributed by atoms with Crippen molar-refractivity contribution >= 4 is 28.8 Å². The molecule has 0 fully saturated rings. The molecule has 2 aromatic carbocycles. The van der Waals surface area contributed by atoms with Crippen LogP contribution in [0.4, 0.5) is 10.5 Å². The third kappa shape index (κ3) is 3.35. The number of carbonyl (C=O) groups is 2. The SMILES string of the molecule is CC(C)(C)OC(=O)Nc1cccc2ccc(C=O)cc12. The van der Waals surface area contributed by atoms with Gasteiger partial charge >= 0.3 is 6.09 Å². The molecule has 0 unspecified atom stereocenters. The van der Waals surface area contributed by atoms with Crippen molar-refractivity contribution in [1.82, 2.24) is 0 Å². The lowest BCUT2D eigenvalue weighted by Gasteiger charge is -2.20. The molecule has 0 atom stereocenters. The van der Waals surface area contributed by atoms with Crippen LogP contribution in [-0.4, -0.2) is 18.0 Å². The van der Waals surface area contributed by atoms with E-state index in [4.69, 9.17) is 4.74 Å². The molecule has 0 heterocycles. The third-order valence-corrected chi connectivity index (χ3v) is 2.68. The van der Waals surface area contributed by atoms with Gasteiger partial charge in [-0.2, -0.15) is 0 Å². The van der Waals surface area contributed by atoms with E-state index in [1.165, 1.54) is 0 Å². The maximum atomic E-state index is 11.8. The van der Waals surface area contributed by atoms with Crippen LogP contribution in [0.1, 0.15) is 31.1 Å². The molecule has 104 valence electrons. The summed E-state index contributed by atoms with van der Waals surface area (Å²) in [5.41, 5.74) is 0.638. The molecule has 0 saturated heterocycles. The summed E-state index contributed by atoms with van der Waals surface area (Å²) in [5.74, 6) is 0. The zero-order chi connectivity index (χ0) is 14.8. The standard InChI is InChI=1S/C16H17NO3/c1-16(2,3)20-15(19)17-14-6-4-5-12-8-7-11(10-18)9-13(12)14/h4-10H,1-3H3,(H,17,19). The highest BCUT2D eigenvalue weighted by Crippen LogP contribution is 2.24. The Bertz CT molecular complexity index is 656. The van der Waals surface area contributed by atoms with Crippen LogP contribution in [0.5, 0.6) is 0 Å². The molecule has 4 nitrogen and oxygen atoms in total. The molecule has 2 rings (SSSR count). The van der Waals surface area contributed by atoms with Crippen molar-refractivity contribution in [3.05, 3.63) is 42.0 Å². The van der Waals surface area contributed by atoms with Crippen molar-refractivity contribution in [1.29, 1.82) is 0 Å². The summed E-state index contributed by atoms with van der Waals surface area (Å²) in [6, 6.07) is 10.9. The zero-order valence-electron chi connectivity index (χ0n) is 11.8. The normalized spacial score (nSPS) is 11.2. The summed E-state index contributed by atoms with van der Waals surface area (Å²) in [7, 11) is 0. The first-order valence-corrected chi connectivity index (χ1v) is 6.37. The van der Waals surface area contributed by atoms with E-state index in [-0.39, 0.29) is 0 Å². The molecule has 2 aromatic rings. The average Bonchev–Trinajstić information content (AvgIpc) is 2.36. The smallest absolute Gasteiger partial charge is 0.412 e. The Morgan fingerprint density at radius 2 is 1.95 bits per heavy atom. The Kier molecular flexibility index (Phi) is 3.74. The Hall–Kier alpha value is -2.36. The first-order chi connectivity index (χ1) is 9.39. The predicted octanol–water partition coefficient (Wildman–Crippen LogP) is 4.00. The summed E-state index contributed by atoms with van der Waals surface area (Å²) in [6.07, 6.45) is 0.269. The number of fused-ring (bicyclic) bond motifs is 1. The predicted molar refractivity (Wildman–Crippen MR) is 79.2 cm³/mol. The lowest BCUT2D eigenvalue weighted by atomic mass is 10.1. The first-order valence-electron chi connectivity index (χ1n) is 6.37. The number of hydrogen-bond donors (Lipinski definition) is 1. The van der Waals surface area contributed by atoms with Crippen LogP contribution in [0.25, 0.3) is 10.8 Å². The summed E-state index contributed by atoms with van der Waals surface area (Å²) in [4.78, 5) is 22.7. The second-order valence-corrected chi connectivity index (χ2v) is 5.53. The second-order valence-electron chi connectivity index (χ2n) is 5.53. The Balaban J connectivity index is 2.34. The van der Waals surface area contributed by atoms with E-state index in [1.807, 2.05) is 18.2 Å². The van der Waals surface area contributed by atoms with E-state index in [9.17, 15) is 9.59 Å². The van der Waals surface area contributed by atoms with E-state index >= 15 is 0 Å². The molecular formula is C16H17NO3. The van der Waals surface area contributed by atoms with Gasteiger partial charge in [-0.25, -0.2) is 4.79 Å². The molecule has 0 spiro atoms. The van der Waals surface area contributed by atoms with Crippen LogP contribution >= 0.6 is 0 Å². The van der Waals surface area contributed by atoms with Gasteiger partial charge in [0.2, 0.25) is 0 Å². The van der Waals surface area contributed by atoms with Gasteiger partial charge in [-0.05, 0) is 38.3 Å². The molecule has 4 heteroatoms. The number of anilines is 1. The summed E-state index contributed by atoms with van der Waals surface area (Å²) in [6.45, 7) is 5.42. The number of ether oxygens (including phenoxy) is 1. The number of rotatable bonds is 2. The fourth-order valence-electron chi connectivity index (χ4n) is 1.89. The van der Waals surface area contributed by atoms with Crippen LogP contribution < -0.4 is 5.32 Å². The maximum Gasteiger partial charge on any atom is 0.412 e. The molecule has 0 aliphatic rings. The molecule has 0 aromatic heterocycles. The largest absolute Gasteiger partial charge is 0.444 e. The Morgan fingerprint density at radius 1 is 1.20 bits per heavy atom. The lowest BCUT2D eigenvalue weighted by Crippen LogP contribution is -2.27. The molecule has 0 aliphatic carbocycles. The Labute approximate surface area is 117 Å². The molecule has 1 amide bonds. The van der Waals surface area contributed by atoms with E-state index in [1.54, 1.807) is 39.0 Å². The van der Waals surface area contributed by atoms with Crippen LogP contribution in [-0.2, 0) is 4.74 Å². The number of hydrogen-bond acceptors (Lipinski definition) is 3. The minimum Gasteiger partial charge on any atom is -0.444 e. The zero-order valence-corrected chi connectivity index (χ0v) is 11.8. The molecular weight excluding hydrogens is 254 g/mol. The van der Waals surface area contributed by atoms with Crippen LogP contribution in [0.3, 0.4) is 0 Å². The average molecular weight is 271 g/mol. The minimum atomic E-state index is -0.553. The van der Waals surface area contributed by atoms with E-state index in [0.29, 0.717) is 11.3 Å². The summed E-state index contributed by atoms with van der Waals surface area (Å²) < 4.78 is 5.23. The Morgan fingerprint density at radius 3 is 2.60 bits per heavy atom. The number of aldehydes is 1. The van der Waals surface area contributed by atoms with Crippen molar-refractivity contribution in [2.45, 2.75) is 26.4 Å². The monoisotopic (exact) mass is 271 g/mol. The second kappa shape index (κ2) is 5.33. The highest BCUT2D eigenvalue weighted by molar-refractivity contribution is 6.02. The minimum absolute atomic E-state index is 0.512. The van der Waals surface area contributed by atoms with Gasteiger partial charge in [-0.1, -0.05) is 24.3 Å². The third-order valence-electron chi connectivity index (χ3n) is 2.68. The van der Waals surface area contributed by atoms with Crippen molar-refractivity contribution in [2.75, 3.05) is 5.32 Å². The molecule has 0 bridgehead atoms. The van der Waals surface area contributed by atoms with Gasteiger partial charge in [0.1, 0.15) is 11.9 Å². The highest BCUT2D eigenvalue weighted by atomic mass is 16.6. The van der Waals surface area contributed by atoms with Gasteiger partial charge in [0.05, 0.1) is 5.69 Å². The van der Waals surface area contributed by atoms with Crippen LogP contribution in [0, 0.1) is 0 Å². The molecule has 1 N–H and O–H groups in total. The number of amides is 1. The molecule has 20 heavy (non-hydrogen) atoms. The molecule has 0 radical (unpaired) electrons. The van der Waals surface area contributed by atoms with Gasteiger partial charge in [-0.3, -0.25) is 10.1 Å². The fraction of sp³-hybridized carbons (Fsp3) is 0.250. The van der Waals surface area contributed by atoms with Crippen LogP contribution in [0.2, 0.25) is 0 Å². The summed E-state index contributed by atoms with van der Waals surface area (Å²) in [5, 5.41) is 4.47. The van der Waals surface area contributed by atoms with E-state index < -0.39 is 11.7 Å². The van der Waals surface area contributed by atoms with Gasteiger partial charge in [0.15, 0.2) is 0 Å². The van der Waals surface area contributed by atoms with Crippen LogP contribution in [0.15, 0.2) is 36.4 Å². The van der Waals surface area contributed by atoms with Crippen molar-refractivity contribution in [3.8, 4) is 0 Å². The van der Waals surface area contributed by atoms with Gasteiger partial charge in [-0.15, -0.1) is 0 Å². The van der Waals surface area contributed by atoms with Gasteiger partial charge in [0.25, 0.3) is 0 Å². The number of nitrogens with one attached hydrogen (secondary N) is 1. The first kappa shape index (κ1) is 14.1. The topological polar surface area (TPSA) is 55.4 Å². The van der Waals surface area contributed by atoms with E-state index in [0.717, 1.165) is 17.1 Å². The molecule has 0 aliphatic heterocycles. The molecule has 0 saturated carbocycles. The lowest BCUT2D eigenvalue weighted by molar-refractivity contribution is 0.0636. The van der Waals surface area contributed by atoms with Gasteiger partial charge in [0, 0.05) is 10.9 Å². The van der Waals surface area contributed by atoms with Crippen molar-refractivity contribution in [2.24, 2.45) is 0 Å².